The van der Waals surface area contributed by atoms with Crippen molar-refractivity contribution < 1.29 is 9.47 Å². The van der Waals surface area contributed by atoms with Crippen LogP contribution in [0.4, 0.5) is 5.69 Å². The summed E-state index contributed by atoms with van der Waals surface area (Å²) < 4.78 is 11.2. The van der Waals surface area contributed by atoms with Gasteiger partial charge in [0.1, 0.15) is 6.29 Å². The van der Waals surface area contributed by atoms with Crippen LogP contribution in [0.25, 0.3) is 0 Å². The molecule has 1 fully saturated rings. The molecule has 0 spiro atoms. The fourth-order valence-corrected chi connectivity index (χ4v) is 3.89. The molecule has 1 aliphatic heterocycles. The maximum Gasteiger partial charge on any atom is 0.256 e. The number of nitrogens with one attached hydrogen (secondary N) is 5. The smallest absolute Gasteiger partial charge is 0.256 e. The fraction of sp³-hybridized carbons (Fsp3) is 0.762. The molecule has 1 aromatic rings. The molecular formula is C21H40N6O2. The lowest BCUT2D eigenvalue weighted by molar-refractivity contribution is 0.182. The molecule has 0 saturated carbocycles. The molecule has 166 valence electrons. The molecule has 5 N–H and O–H groups in total. The first-order valence-electron chi connectivity index (χ1n) is 10.9. The van der Waals surface area contributed by atoms with Gasteiger partial charge < -0.3 is 25.4 Å². The van der Waals surface area contributed by atoms with Gasteiger partial charge in [-0.3, -0.25) is 10.6 Å². The molecule has 29 heavy (non-hydrogen) atoms. The van der Waals surface area contributed by atoms with E-state index in [1.807, 2.05) is 20.2 Å². The molecule has 1 aromatic heterocycles. The number of ether oxygens (including phenoxy) is 2. The third kappa shape index (κ3) is 7.29. The summed E-state index contributed by atoms with van der Waals surface area (Å²) in [6.45, 7) is 6.07. The molecule has 8 heteroatoms. The zero-order valence-corrected chi connectivity index (χ0v) is 18.7. The molecule has 0 bridgehead atoms. The highest BCUT2D eigenvalue weighted by Gasteiger charge is 2.30. The maximum absolute atomic E-state index is 5.89. The van der Waals surface area contributed by atoms with Crippen LogP contribution in [0.1, 0.15) is 46.0 Å². The molecule has 0 amide bonds. The van der Waals surface area contributed by atoms with Crippen LogP contribution in [0, 0.1) is 5.92 Å². The molecule has 1 aliphatic rings. The molecule has 0 aliphatic carbocycles. The van der Waals surface area contributed by atoms with Crippen LogP contribution in [0.15, 0.2) is 12.3 Å². The van der Waals surface area contributed by atoms with Crippen LogP contribution < -0.4 is 36.1 Å². The summed E-state index contributed by atoms with van der Waals surface area (Å²) in [6.07, 6.45) is 7.61. The monoisotopic (exact) mass is 408 g/mol. The Morgan fingerprint density at radius 3 is 2.76 bits per heavy atom. The highest BCUT2D eigenvalue weighted by atomic mass is 16.5. The minimum absolute atomic E-state index is 0.0514. The molecular weight excluding hydrogens is 368 g/mol. The van der Waals surface area contributed by atoms with Gasteiger partial charge in [0.25, 0.3) is 5.88 Å². The van der Waals surface area contributed by atoms with Crippen LogP contribution in [0.3, 0.4) is 0 Å². The second-order valence-corrected chi connectivity index (χ2v) is 7.59. The van der Waals surface area contributed by atoms with Crippen molar-refractivity contribution in [3.63, 3.8) is 0 Å². The number of hydrogen-bond acceptors (Lipinski definition) is 8. The summed E-state index contributed by atoms with van der Waals surface area (Å²) in [5.41, 5.74) is 0.887. The Balaban J connectivity index is 2.05. The van der Waals surface area contributed by atoms with Crippen LogP contribution in [0.2, 0.25) is 0 Å². The lowest BCUT2D eigenvalue weighted by Gasteiger charge is -2.41. The predicted octanol–water partition coefficient (Wildman–Crippen LogP) is 2.10. The number of nitrogens with zero attached hydrogens (tertiary/aromatic N) is 1. The summed E-state index contributed by atoms with van der Waals surface area (Å²) in [6, 6.07) is 2.41. The average Bonchev–Trinajstić information content (AvgIpc) is 2.75. The van der Waals surface area contributed by atoms with Gasteiger partial charge in [0.15, 0.2) is 5.75 Å². The normalized spacial score (nSPS) is 22.9. The molecule has 0 aromatic carbocycles. The Morgan fingerprint density at radius 1 is 1.28 bits per heavy atom. The molecule has 2 rings (SSSR count). The number of pyridine rings is 1. The van der Waals surface area contributed by atoms with E-state index in [1.54, 1.807) is 13.3 Å². The second-order valence-electron chi connectivity index (χ2n) is 7.59. The van der Waals surface area contributed by atoms with Crippen molar-refractivity contribution in [2.75, 3.05) is 39.7 Å². The average molecular weight is 409 g/mol. The number of anilines is 1. The van der Waals surface area contributed by atoms with E-state index in [4.69, 9.17) is 9.47 Å². The van der Waals surface area contributed by atoms with E-state index in [0.29, 0.717) is 30.2 Å². The van der Waals surface area contributed by atoms with E-state index in [1.165, 1.54) is 19.3 Å². The molecule has 4 unspecified atom stereocenters. The standard InChI is InChI=1S/C21H40N6O2/c1-6-9-15(7-2)17-13-19(23-4)27-21(26-17)25-16-12-18(20(28-5)24-14-16)29-11-8-10-22-3/h12,14-15,17,19,21-23,25-27H,6-11,13H2,1-5H3. The van der Waals surface area contributed by atoms with E-state index in [2.05, 4.69) is 45.4 Å². The van der Waals surface area contributed by atoms with Gasteiger partial charge >= 0.3 is 0 Å². The quantitative estimate of drug-likeness (QED) is 0.317. The summed E-state index contributed by atoms with van der Waals surface area (Å²) in [5.74, 6) is 1.83. The van der Waals surface area contributed by atoms with E-state index >= 15 is 0 Å². The number of hydrogen-bond donors (Lipinski definition) is 5. The van der Waals surface area contributed by atoms with Gasteiger partial charge in [-0.2, -0.15) is 0 Å². The first-order chi connectivity index (χ1) is 14.1. The van der Waals surface area contributed by atoms with Crippen molar-refractivity contribution in [3.8, 4) is 11.6 Å². The van der Waals surface area contributed by atoms with Gasteiger partial charge in [-0.15, -0.1) is 0 Å². The Bertz CT molecular complexity index is 588. The zero-order valence-electron chi connectivity index (χ0n) is 18.7. The highest BCUT2D eigenvalue weighted by Crippen LogP contribution is 2.28. The second kappa shape index (κ2) is 12.8. The topological polar surface area (TPSA) is 91.5 Å². The first-order valence-corrected chi connectivity index (χ1v) is 10.9. The van der Waals surface area contributed by atoms with Crippen molar-refractivity contribution in [2.45, 2.75) is 64.4 Å². The van der Waals surface area contributed by atoms with Crippen molar-refractivity contribution in [2.24, 2.45) is 5.92 Å². The van der Waals surface area contributed by atoms with Gasteiger partial charge in [0.05, 0.1) is 31.8 Å². The lowest BCUT2D eigenvalue weighted by Crippen LogP contribution is -2.65. The third-order valence-electron chi connectivity index (χ3n) is 5.49. The fourth-order valence-electron chi connectivity index (χ4n) is 3.89. The third-order valence-corrected chi connectivity index (χ3v) is 5.49. The zero-order chi connectivity index (χ0) is 21.1. The van der Waals surface area contributed by atoms with Crippen molar-refractivity contribution in [1.29, 1.82) is 0 Å². The van der Waals surface area contributed by atoms with E-state index in [9.17, 15) is 0 Å². The number of rotatable bonds is 13. The maximum atomic E-state index is 5.89. The number of aromatic nitrogens is 1. The van der Waals surface area contributed by atoms with E-state index < -0.39 is 0 Å². The summed E-state index contributed by atoms with van der Waals surface area (Å²) in [4.78, 5) is 4.40. The van der Waals surface area contributed by atoms with Crippen molar-refractivity contribution in [1.82, 2.24) is 26.3 Å². The van der Waals surface area contributed by atoms with Gasteiger partial charge in [-0.25, -0.2) is 4.98 Å². The summed E-state index contributed by atoms with van der Waals surface area (Å²) >= 11 is 0. The SMILES string of the molecule is CCCC(CC)C1CC(NC)NC(Nc2cnc(OC)c(OCCCNC)c2)N1. The molecule has 1 saturated heterocycles. The first kappa shape index (κ1) is 23.7. The number of methoxy groups -OCH3 is 1. The van der Waals surface area contributed by atoms with Gasteiger partial charge in [-0.1, -0.05) is 26.7 Å². The van der Waals surface area contributed by atoms with Crippen LogP contribution in [-0.4, -0.2) is 57.8 Å². The molecule has 4 atom stereocenters. The Kier molecular flexibility index (Phi) is 10.5. The van der Waals surface area contributed by atoms with Crippen LogP contribution in [-0.2, 0) is 0 Å². The minimum Gasteiger partial charge on any atom is -0.488 e. The summed E-state index contributed by atoms with van der Waals surface area (Å²) in [7, 11) is 5.55. The van der Waals surface area contributed by atoms with Gasteiger partial charge in [0.2, 0.25) is 0 Å². The minimum atomic E-state index is -0.0514. The van der Waals surface area contributed by atoms with Gasteiger partial charge in [0, 0.05) is 12.1 Å². The largest absolute Gasteiger partial charge is 0.488 e. The van der Waals surface area contributed by atoms with E-state index in [0.717, 1.165) is 25.1 Å². The molecule has 8 nitrogen and oxygen atoms in total. The van der Waals surface area contributed by atoms with Crippen LogP contribution in [0.5, 0.6) is 11.6 Å². The predicted molar refractivity (Wildman–Crippen MR) is 118 cm³/mol. The van der Waals surface area contributed by atoms with Crippen LogP contribution >= 0.6 is 0 Å². The molecule has 2 heterocycles. The van der Waals surface area contributed by atoms with Gasteiger partial charge in [-0.05, 0) is 45.8 Å². The lowest BCUT2D eigenvalue weighted by atomic mass is 9.88. The Morgan fingerprint density at radius 2 is 2.10 bits per heavy atom. The molecule has 0 radical (unpaired) electrons. The Labute approximate surface area is 175 Å². The van der Waals surface area contributed by atoms with E-state index in [-0.39, 0.29) is 12.5 Å². The Hall–Kier alpha value is -1.61. The summed E-state index contributed by atoms with van der Waals surface area (Å²) in [5, 5.41) is 17.3. The highest BCUT2D eigenvalue weighted by molar-refractivity contribution is 5.50. The van der Waals surface area contributed by atoms with Crippen molar-refractivity contribution >= 4 is 5.69 Å². The van der Waals surface area contributed by atoms with Crippen molar-refractivity contribution in [3.05, 3.63) is 12.3 Å².